The predicted molar refractivity (Wildman–Crippen MR) is 161 cm³/mol. The molecule has 7 rings (SSSR count). The highest BCUT2D eigenvalue weighted by atomic mass is 16.6. The standard InChI is InChI=1S/C35H24N2O7/c1-20(38)44-27-16-8-11-21-17-18-28-35(33(40)25-14-5-6-15-26(25)34(35)41)29(23-12-7-13-24(19-23)37(42)43)31(36(28)30(21)27)32(39)22-9-3-2-4-10-22/h2-19,28-29,31H,1H3/t28-,29-,31-/m0/s1. The molecule has 1 saturated heterocycles. The number of carbonyl (C=O) groups excluding carboxylic acids is 4. The number of nitro groups is 1. The third-order valence-corrected chi connectivity index (χ3v) is 8.81. The van der Waals surface area contributed by atoms with Crippen molar-refractivity contribution in [2.75, 3.05) is 4.90 Å². The summed E-state index contributed by atoms with van der Waals surface area (Å²) in [6.45, 7) is 1.26. The van der Waals surface area contributed by atoms with E-state index in [-0.39, 0.29) is 28.3 Å². The molecule has 216 valence electrons. The van der Waals surface area contributed by atoms with Gasteiger partial charge in [-0.3, -0.25) is 29.3 Å². The van der Waals surface area contributed by atoms with Crippen molar-refractivity contribution < 1.29 is 28.8 Å². The average molecular weight is 585 g/mol. The lowest BCUT2D eigenvalue weighted by Gasteiger charge is -2.37. The largest absolute Gasteiger partial charge is 0.424 e. The van der Waals surface area contributed by atoms with Crippen LogP contribution in [-0.4, -0.2) is 40.3 Å². The molecule has 4 aromatic carbocycles. The second-order valence-electron chi connectivity index (χ2n) is 11.1. The van der Waals surface area contributed by atoms with Gasteiger partial charge < -0.3 is 9.64 Å². The van der Waals surface area contributed by atoms with Crippen LogP contribution in [0.1, 0.15) is 55.0 Å². The van der Waals surface area contributed by atoms with Crippen LogP contribution in [0.25, 0.3) is 6.08 Å². The number of hydrogen-bond donors (Lipinski definition) is 0. The van der Waals surface area contributed by atoms with Crippen molar-refractivity contribution in [3.63, 3.8) is 0 Å². The molecule has 0 amide bonds. The highest BCUT2D eigenvalue weighted by molar-refractivity contribution is 6.32. The lowest BCUT2D eigenvalue weighted by Crippen LogP contribution is -2.48. The van der Waals surface area contributed by atoms with E-state index >= 15 is 0 Å². The summed E-state index contributed by atoms with van der Waals surface area (Å²) < 4.78 is 5.63. The van der Waals surface area contributed by atoms with E-state index in [0.717, 1.165) is 0 Å². The number of rotatable bonds is 5. The van der Waals surface area contributed by atoms with Crippen LogP contribution < -0.4 is 9.64 Å². The summed E-state index contributed by atoms with van der Waals surface area (Å²) in [6, 6.07) is 23.7. The van der Waals surface area contributed by atoms with Gasteiger partial charge in [0.25, 0.3) is 5.69 Å². The summed E-state index contributed by atoms with van der Waals surface area (Å²) >= 11 is 0. The molecular weight excluding hydrogens is 560 g/mol. The second kappa shape index (κ2) is 9.95. The zero-order valence-corrected chi connectivity index (χ0v) is 23.4. The lowest BCUT2D eigenvalue weighted by atomic mass is 9.64. The summed E-state index contributed by atoms with van der Waals surface area (Å²) in [5, 5.41) is 11.9. The molecule has 9 nitrogen and oxygen atoms in total. The van der Waals surface area contributed by atoms with Gasteiger partial charge in [0.05, 0.1) is 16.7 Å². The maximum atomic E-state index is 14.8. The van der Waals surface area contributed by atoms with Crippen molar-refractivity contribution in [1.29, 1.82) is 0 Å². The van der Waals surface area contributed by atoms with Crippen molar-refractivity contribution in [1.82, 2.24) is 0 Å². The van der Waals surface area contributed by atoms with Crippen LogP contribution in [0.2, 0.25) is 0 Å². The van der Waals surface area contributed by atoms with Gasteiger partial charge >= 0.3 is 5.97 Å². The number of esters is 1. The maximum Gasteiger partial charge on any atom is 0.308 e. The molecule has 44 heavy (non-hydrogen) atoms. The fourth-order valence-electron chi connectivity index (χ4n) is 7.20. The van der Waals surface area contributed by atoms with Crippen LogP contribution in [0.3, 0.4) is 0 Å². The Morgan fingerprint density at radius 1 is 0.864 bits per heavy atom. The van der Waals surface area contributed by atoms with Gasteiger partial charge in [-0.2, -0.15) is 0 Å². The first-order valence-electron chi connectivity index (χ1n) is 14.1. The van der Waals surface area contributed by atoms with Crippen LogP contribution in [0.15, 0.2) is 103 Å². The maximum absolute atomic E-state index is 14.8. The molecule has 0 bridgehead atoms. The number of benzene rings is 4. The van der Waals surface area contributed by atoms with E-state index in [9.17, 15) is 29.3 Å². The van der Waals surface area contributed by atoms with E-state index in [0.29, 0.717) is 22.4 Å². The quantitative estimate of drug-likeness (QED) is 0.0716. The lowest BCUT2D eigenvalue weighted by molar-refractivity contribution is -0.384. The Morgan fingerprint density at radius 2 is 1.52 bits per heavy atom. The Labute approximate surface area is 251 Å². The summed E-state index contributed by atoms with van der Waals surface area (Å²) in [5.41, 5.74) is 0.00890. The molecule has 3 aliphatic rings. The molecule has 1 aliphatic carbocycles. The first kappa shape index (κ1) is 27.2. The normalized spacial score (nSPS) is 20.7. The molecule has 1 fully saturated rings. The van der Waals surface area contributed by atoms with Gasteiger partial charge in [-0.25, -0.2) is 0 Å². The van der Waals surface area contributed by atoms with Crippen LogP contribution >= 0.6 is 0 Å². The number of nitrogens with zero attached hydrogens (tertiary/aromatic N) is 2. The summed E-state index contributed by atoms with van der Waals surface area (Å²) in [4.78, 5) is 69.6. The molecule has 0 radical (unpaired) electrons. The SMILES string of the molecule is CC(=O)Oc1cccc2c1N1[C@H](C(=O)c3ccccc3)[C@H](c3cccc([N+](=O)[O-])c3)C3(C(=O)c4ccccc4C3=O)[C@@H]1C=C2. The van der Waals surface area contributed by atoms with Gasteiger partial charge in [0, 0.05) is 47.2 Å². The Balaban J connectivity index is 1.58. The molecule has 9 heteroatoms. The van der Waals surface area contributed by atoms with Crippen molar-refractivity contribution in [3.8, 4) is 5.75 Å². The van der Waals surface area contributed by atoms with Crippen molar-refractivity contribution in [2.24, 2.45) is 5.41 Å². The first-order valence-corrected chi connectivity index (χ1v) is 14.1. The molecule has 0 saturated carbocycles. The fraction of sp³-hybridized carbons (Fsp3) is 0.143. The van der Waals surface area contributed by atoms with Gasteiger partial charge in [0.2, 0.25) is 0 Å². The zero-order valence-electron chi connectivity index (χ0n) is 23.4. The molecule has 0 unspecified atom stereocenters. The van der Waals surface area contributed by atoms with E-state index in [1.807, 2.05) is 0 Å². The van der Waals surface area contributed by atoms with Crippen LogP contribution in [-0.2, 0) is 4.79 Å². The third-order valence-electron chi connectivity index (χ3n) is 8.81. The number of ketones is 3. The first-order chi connectivity index (χ1) is 21.2. The van der Waals surface area contributed by atoms with E-state index in [1.165, 1.54) is 25.1 Å². The van der Waals surface area contributed by atoms with Gasteiger partial charge in [0.15, 0.2) is 23.1 Å². The minimum Gasteiger partial charge on any atom is -0.424 e. The monoisotopic (exact) mass is 584 g/mol. The number of carbonyl (C=O) groups is 4. The number of non-ortho nitro benzene ring substituents is 1. The topological polar surface area (TPSA) is 124 Å². The highest BCUT2D eigenvalue weighted by Crippen LogP contribution is 2.62. The van der Waals surface area contributed by atoms with Crippen molar-refractivity contribution in [3.05, 3.63) is 141 Å². The number of anilines is 1. The Bertz CT molecular complexity index is 1910. The molecule has 4 aromatic rings. The van der Waals surface area contributed by atoms with Gasteiger partial charge in [0.1, 0.15) is 11.5 Å². The summed E-state index contributed by atoms with van der Waals surface area (Å²) in [5.74, 6) is -2.88. The fourth-order valence-corrected chi connectivity index (χ4v) is 7.20. The number of hydrogen-bond acceptors (Lipinski definition) is 8. The molecule has 0 aromatic heterocycles. The van der Waals surface area contributed by atoms with Crippen LogP contribution in [0.4, 0.5) is 11.4 Å². The molecule has 1 spiro atoms. The predicted octanol–water partition coefficient (Wildman–Crippen LogP) is 5.84. The Hall–Kier alpha value is -5.70. The molecule has 3 atom stereocenters. The van der Waals surface area contributed by atoms with E-state index in [1.54, 1.807) is 95.9 Å². The third kappa shape index (κ3) is 3.72. The molecule has 2 heterocycles. The van der Waals surface area contributed by atoms with Gasteiger partial charge in [-0.1, -0.05) is 91.0 Å². The van der Waals surface area contributed by atoms with Crippen LogP contribution in [0.5, 0.6) is 5.75 Å². The zero-order chi connectivity index (χ0) is 30.7. The highest BCUT2D eigenvalue weighted by Gasteiger charge is 2.71. The van der Waals surface area contributed by atoms with Crippen molar-refractivity contribution >= 4 is 40.8 Å². The average Bonchev–Trinajstić information content (AvgIpc) is 3.47. The minimum atomic E-state index is -1.86. The Kier molecular flexibility index (Phi) is 6.14. The number of Topliss-reactive ketones (excluding diaryl/α,β-unsaturated/α-hetero) is 3. The number of para-hydroxylation sites is 1. The van der Waals surface area contributed by atoms with Gasteiger partial charge in [-0.15, -0.1) is 0 Å². The molecule has 2 aliphatic heterocycles. The number of ether oxygens (including phenoxy) is 1. The molecule has 0 N–H and O–H groups in total. The summed E-state index contributed by atoms with van der Waals surface area (Å²) in [7, 11) is 0. The van der Waals surface area contributed by atoms with E-state index in [4.69, 9.17) is 4.74 Å². The van der Waals surface area contributed by atoms with Crippen LogP contribution in [0, 0.1) is 15.5 Å². The minimum absolute atomic E-state index is 0.167. The van der Waals surface area contributed by atoms with E-state index in [2.05, 4.69) is 0 Å². The summed E-state index contributed by atoms with van der Waals surface area (Å²) in [6.07, 6.45) is 3.50. The Morgan fingerprint density at radius 3 is 2.18 bits per heavy atom. The van der Waals surface area contributed by atoms with Crippen molar-refractivity contribution in [2.45, 2.75) is 24.9 Å². The number of nitro benzene ring substituents is 1. The van der Waals surface area contributed by atoms with E-state index < -0.39 is 45.9 Å². The molecular formula is C35H24N2O7. The number of fused-ring (bicyclic) bond motifs is 5. The van der Waals surface area contributed by atoms with Gasteiger partial charge in [-0.05, 0) is 11.6 Å². The second-order valence-corrected chi connectivity index (χ2v) is 11.1. The smallest absolute Gasteiger partial charge is 0.308 e.